The molecule has 0 saturated carbocycles. The maximum atomic E-state index is 12.3. The Balaban J connectivity index is 1.95. The molecule has 1 aromatic carbocycles. The first kappa shape index (κ1) is 15.6. The van der Waals surface area contributed by atoms with Crippen LogP contribution >= 0.6 is 0 Å². The van der Waals surface area contributed by atoms with Gasteiger partial charge < -0.3 is 10.3 Å². The molecular weight excluding hydrogens is 262 g/mol. The minimum absolute atomic E-state index is 0.201. The molecule has 2 aromatic rings. The predicted octanol–water partition coefficient (Wildman–Crippen LogP) is 4.33. The number of pyridine rings is 1. The summed E-state index contributed by atoms with van der Waals surface area (Å²) in [6.45, 7) is 4.50. The van der Waals surface area contributed by atoms with Crippen molar-refractivity contribution in [2.75, 3.05) is 0 Å². The fourth-order valence-electron chi connectivity index (χ4n) is 2.70. The lowest BCUT2D eigenvalue weighted by Gasteiger charge is -2.09. The summed E-state index contributed by atoms with van der Waals surface area (Å²) in [6.07, 6.45) is 6.62. The monoisotopic (exact) mass is 287 g/mol. The van der Waals surface area contributed by atoms with E-state index in [4.69, 9.17) is 0 Å². The number of hydrogen-bond acceptors (Lipinski definition) is 2. The molecule has 0 aliphatic rings. The summed E-state index contributed by atoms with van der Waals surface area (Å²) in [7, 11) is 0. The molecule has 0 bridgehead atoms. The van der Waals surface area contributed by atoms with Crippen molar-refractivity contribution in [1.82, 2.24) is 0 Å². The molecule has 0 spiro atoms. The predicted molar refractivity (Wildman–Crippen MR) is 86.2 cm³/mol. The van der Waals surface area contributed by atoms with Crippen molar-refractivity contribution < 1.29 is 9.84 Å². The van der Waals surface area contributed by atoms with Gasteiger partial charge in [0.1, 0.15) is 5.75 Å². The second kappa shape index (κ2) is 7.30. The number of unbranched alkanes of at least 4 members (excludes halogenated alkanes) is 3. The highest BCUT2D eigenvalue weighted by Crippen LogP contribution is 2.23. The van der Waals surface area contributed by atoms with Gasteiger partial charge in [0.05, 0.1) is 5.39 Å². The second-order valence-electron chi connectivity index (χ2n) is 6.18. The van der Waals surface area contributed by atoms with E-state index in [0.29, 0.717) is 16.6 Å². The summed E-state index contributed by atoms with van der Waals surface area (Å²) < 4.78 is 0.961. The van der Waals surface area contributed by atoms with Crippen LogP contribution in [0.15, 0.2) is 30.3 Å². The molecule has 0 aliphatic heterocycles. The number of fused-ring (bicyclic) bond motifs is 1. The van der Waals surface area contributed by atoms with Gasteiger partial charge in [-0.3, -0.25) is 0 Å². The molecule has 0 aliphatic carbocycles. The second-order valence-corrected chi connectivity index (χ2v) is 6.18. The Bertz CT molecular complexity index is 593. The van der Waals surface area contributed by atoms with Crippen LogP contribution in [0.3, 0.4) is 0 Å². The number of aromatic hydroxyl groups is 1. The Morgan fingerprint density at radius 1 is 1.10 bits per heavy atom. The topological polar surface area (TPSA) is 47.2 Å². The normalized spacial score (nSPS) is 11.4. The Morgan fingerprint density at radius 2 is 1.81 bits per heavy atom. The maximum absolute atomic E-state index is 12.3. The summed E-state index contributed by atoms with van der Waals surface area (Å²) in [5.41, 5.74) is 1.21. The minimum Gasteiger partial charge on any atom is -0.618 e. The number of aromatic nitrogens is 1. The number of rotatable bonds is 7. The molecule has 2 rings (SSSR count). The Labute approximate surface area is 126 Å². The van der Waals surface area contributed by atoms with Crippen LogP contribution in [0.2, 0.25) is 0 Å². The molecule has 1 N–H and O–H groups in total. The SMILES string of the molecule is CC(C)CCCCCCc1cc(O)c2ccccc2[n+]1[O-]. The standard InChI is InChI=1S/C18H25NO2/c1-14(2)9-5-3-4-6-10-15-13-18(20)16-11-7-8-12-17(16)19(15)21/h7-8,11-14,20H,3-6,9-10H2,1-2H3. The fourth-order valence-corrected chi connectivity index (χ4v) is 2.70. The fraction of sp³-hybridized carbons (Fsp3) is 0.500. The summed E-state index contributed by atoms with van der Waals surface area (Å²) in [6, 6.07) is 8.80. The van der Waals surface area contributed by atoms with E-state index < -0.39 is 0 Å². The Kier molecular flexibility index (Phi) is 5.43. The van der Waals surface area contributed by atoms with E-state index in [1.165, 1.54) is 19.3 Å². The lowest BCUT2D eigenvalue weighted by Crippen LogP contribution is -2.32. The van der Waals surface area contributed by atoms with Crippen LogP contribution in [0, 0.1) is 11.1 Å². The first-order chi connectivity index (χ1) is 10.1. The lowest BCUT2D eigenvalue weighted by atomic mass is 10.0. The smallest absolute Gasteiger partial charge is 0.227 e. The quantitative estimate of drug-likeness (QED) is 0.468. The number of benzene rings is 1. The molecule has 1 heterocycles. The van der Waals surface area contributed by atoms with Crippen LogP contribution in [-0.4, -0.2) is 5.11 Å². The molecule has 21 heavy (non-hydrogen) atoms. The molecule has 3 nitrogen and oxygen atoms in total. The largest absolute Gasteiger partial charge is 0.618 e. The van der Waals surface area contributed by atoms with E-state index in [0.717, 1.165) is 29.9 Å². The van der Waals surface area contributed by atoms with Gasteiger partial charge in [-0.15, -0.1) is 0 Å². The van der Waals surface area contributed by atoms with Crippen LogP contribution in [0.25, 0.3) is 10.9 Å². The van der Waals surface area contributed by atoms with Gasteiger partial charge in [0.15, 0.2) is 5.69 Å². The highest BCUT2D eigenvalue weighted by atomic mass is 16.5. The van der Waals surface area contributed by atoms with Crippen LogP contribution in [0.5, 0.6) is 5.75 Å². The minimum atomic E-state index is 0.201. The third-order valence-corrected chi connectivity index (χ3v) is 3.93. The van der Waals surface area contributed by atoms with Gasteiger partial charge in [-0.2, -0.15) is 4.73 Å². The summed E-state index contributed by atoms with van der Waals surface area (Å²) >= 11 is 0. The van der Waals surface area contributed by atoms with Gasteiger partial charge in [0, 0.05) is 18.6 Å². The summed E-state index contributed by atoms with van der Waals surface area (Å²) in [5.74, 6) is 0.971. The van der Waals surface area contributed by atoms with Crippen molar-refractivity contribution in [3.05, 3.63) is 41.2 Å². The van der Waals surface area contributed by atoms with Gasteiger partial charge >= 0.3 is 0 Å². The van der Waals surface area contributed by atoms with Crippen molar-refractivity contribution in [3.8, 4) is 5.75 Å². The van der Waals surface area contributed by atoms with E-state index in [1.807, 2.05) is 12.1 Å². The molecule has 0 unspecified atom stereocenters. The number of aryl methyl sites for hydroxylation is 1. The van der Waals surface area contributed by atoms with Crippen molar-refractivity contribution in [2.45, 2.75) is 52.4 Å². The molecule has 0 radical (unpaired) electrons. The summed E-state index contributed by atoms with van der Waals surface area (Å²) in [5, 5.41) is 22.9. The van der Waals surface area contributed by atoms with Gasteiger partial charge in [0.2, 0.25) is 5.52 Å². The first-order valence-corrected chi connectivity index (χ1v) is 7.92. The molecule has 1 aromatic heterocycles. The zero-order chi connectivity index (χ0) is 15.2. The van der Waals surface area contributed by atoms with Gasteiger partial charge in [-0.05, 0) is 18.4 Å². The molecule has 0 amide bonds. The molecular formula is C18H25NO2. The zero-order valence-corrected chi connectivity index (χ0v) is 13.0. The zero-order valence-electron chi connectivity index (χ0n) is 13.0. The van der Waals surface area contributed by atoms with Crippen LogP contribution in [0.4, 0.5) is 0 Å². The van der Waals surface area contributed by atoms with Crippen molar-refractivity contribution in [1.29, 1.82) is 0 Å². The van der Waals surface area contributed by atoms with Crippen molar-refractivity contribution >= 4 is 10.9 Å². The van der Waals surface area contributed by atoms with Crippen LogP contribution in [-0.2, 0) is 6.42 Å². The van der Waals surface area contributed by atoms with E-state index in [2.05, 4.69) is 13.8 Å². The number of nitrogens with zero attached hydrogens (tertiary/aromatic N) is 1. The molecule has 3 heteroatoms. The molecule has 0 atom stereocenters. The summed E-state index contributed by atoms with van der Waals surface area (Å²) in [4.78, 5) is 0. The highest BCUT2D eigenvalue weighted by molar-refractivity contribution is 5.82. The van der Waals surface area contributed by atoms with Crippen molar-refractivity contribution in [3.63, 3.8) is 0 Å². The van der Waals surface area contributed by atoms with Gasteiger partial charge in [-0.1, -0.05) is 51.7 Å². The van der Waals surface area contributed by atoms with E-state index in [9.17, 15) is 10.3 Å². The van der Waals surface area contributed by atoms with Gasteiger partial charge in [-0.25, -0.2) is 0 Å². The number of para-hydroxylation sites is 1. The Hall–Kier alpha value is -1.77. The number of hydrogen-bond donors (Lipinski definition) is 1. The molecule has 0 saturated heterocycles. The van der Waals surface area contributed by atoms with E-state index in [1.54, 1.807) is 18.2 Å². The third-order valence-electron chi connectivity index (χ3n) is 3.93. The van der Waals surface area contributed by atoms with E-state index in [-0.39, 0.29) is 5.75 Å². The van der Waals surface area contributed by atoms with Crippen LogP contribution < -0.4 is 4.73 Å². The van der Waals surface area contributed by atoms with Crippen molar-refractivity contribution in [2.24, 2.45) is 5.92 Å². The first-order valence-electron chi connectivity index (χ1n) is 7.92. The Morgan fingerprint density at radius 3 is 2.57 bits per heavy atom. The average molecular weight is 287 g/mol. The molecule has 0 fully saturated rings. The van der Waals surface area contributed by atoms with Gasteiger partial charge in [0.25, 0.3) is 0 Å². The third kappa shape index (κ3) is 4.10. The lowest BCUT2D eigenvalue weighted by molar-refractivity contribution is -0.586. The maximum Gasteiger partial charge on any atom is 0.227 e. The van der Waals surface area contributed by atoms with Crippen LogP contribution in [0.1, 0.15) is 51.6 Å². The molecule has 114 valence electrons. The van der Waals surface area contributed by atoms with E-state index >= 15 is 0 Å². The average Bonchev–Trinajstić information content (AvgIpc) is 2.47. The highest BCUT2D eigenvalue weighted by Gasteiger charge is 2.14.